The number of thiazole rings is 1. The molecule has 1 N–H and O–H groups in total. The molecule has 2 atom stereocenters. The van der Waals surface area contributed by atoms with Gasteiger partial charge in [-0.05, 0) is 33.2 Å². The molecule has 0 spiro atoms. The first-order valence-electron chi connectivity index (χ1n) is 7.22. The van der Waals surface area contributed by atoms with E-state index in [2.05, 4.69) is 10.3 Å². The molecule has 2 rings (SSSR count). The van der Waals surface area contributed by atoms with Crippen molar-refractivity contribution in [3.05, 3.63) is 11.6 Å². The fourth-order valence-corrected chi connectivity index (χ4v) is 3.00. The zero-order chi connectivity index (χ0) is 15.2. The summed E-state index contributed by atoms with van der Waals surface area (Å²) in [5, 5.41) is 5.22. The highest BCUT2D eigenvalue weighted by Crippen LogP contribution is 2.20. The second-order valence-electron chi connectivity index (χ2n) is 5.09. The highest BCUT2D eigenvalue weighted by Gasteiger charge is 2.31. The number of carbonyl (C=O) groups is 2. The fraction of sp³-hybridized carbons (Fsp3) is 0.643. The Kier molecular flexibility index (Phi) is 5.69. The van der Waals surface area contributed by atoms with Crippen LogP contribution in [0.3, 0.4) is 0 Å². The summed E-state index contributed by atoms with van der Waals surface area (Å²) >= 11 is 1.39. The molecule has 2 unspecified atom stereocenters. The van der Waals surface area contributed by atoms with Crippen molar-refractivity contribution < 1.29 is 14.3 Å². The number of likely N-dealkylation sites (tertiary alicyclic amines) is 1. The van der Waals surface area contributed by atoms with Crippen LogP contribution in [0.15, 0.2) is 11.6 Å². The van der Waals surface area contributed by atoms with E-state index in [1.165, 1.54) is 11.3 Å². The van der Waals surface area contributed by atoms with Crippen LogP contribution in [-0.4, -0.2) is 47.5 Å². The molecule has 0 bridgehead atoms. The van der Waals surface area contributed by atoms with Gasteiger partial charge in [-0.15, -0.1) is 11.3 Å². The van der Waals surface area contributed by atoms with Crippen LogP contribution >= 0.6 is 11.3 Å². The monoisotopic (exact) mass is 311 g/mol. The Morgan fingerprint density at radius 3 is 3.10 bits per heavy atom. The molecule has 0 radical (unpaired) electrons. The number of hydrogen-bond donors (Lipinski definition) is 1. The Balaban J connectivity index is 1.90. The molecule has 1 aliphatic heterocycles. The molecule has 116 valence electrons. The summed E-state index contributed by atoms with van der Waals surface area (Å²) in [6.07, 6.45) is 3.39. The van der Waals surface area contributed by atoms with Crippen LogP contribution in [0.2, 0.25) is 0 Å². The van der Waals surface area contributed by atoms with E-state index in [9.17, 15) is 9.59 Å². The van der Waals surface area contributed by atoms with Gasteiger partial charge in [-0.2, -0.15) is 0 Å². The first-order chi connectivity index (χ1) is 10.1. The van der Waals surface area contributed by atoms with E-state index >= 15 is 0 Å². The van der Waals surface area contributed by atoms with Crippen LogP contribution in [0.1, 0.15) is 26.7 Å². The van der Waals surface area contributed by atoms with Gasteiger partial charge >= 0.3 is 5.97 Å². The summed E-state index contributed by atoms with van der Waals surface area (Å²) < 4.78 is 5.08. The predicted molar refractivity (Wildman–Crippen MR) is 81.1 cm³/mol. The predicted octanol–water partition coefficient (Wildman–Crippen LogP) is 1.75. The van der Waals surface area contributed by atoms with E-state index in [0.717, 1.165) is 19.4 Å². The third kappa shape index (κ3) is 4.25. The lowest BCUT2D eigenvalue weighted by Gasteiger charge is -2.34. The van der Waals surface area contributed by atoms with Gasteiger partial charge in [0, 0.05) is 18.1 Å². The van der Waals surface area contributed by atoms with Crippen molar-refractivity contribution >= 4 is 28.3 Å². The molecule has 1 fully saturated rings. The van der Waals surface area contributed by atoms with E-state index < -0.39 is 0 Å². The third-order valence-electron chi connectivity index (χ3n) is 3.66. The highest BCUT2D eigenvalue weighted by atomic mass is 32.1. The number of ether oxygens (including phenoxy) is 1. The molecular formula is C14H21N3O3S. The molecule has 21 heavy (non-hydrogen) atoms. The first-order valence-corrected chi connectivity index (χ1v) is 8.10. The normalized spacial score (nSPS) is 20.8. The zero-order valence-electron chi connectivity index (χ0n) is 12.4. The summed E-state index contributed by atoms with van der Waals surface area (Å²) in [7, 11) is 0. The van der Waals surface area contributed by atoms with Gasteiger partial charge in [0.15, 0.2) is 5.13 Å². The van der Waals surface area contributed by atoms with Crippen molar-refractivity contribution in [2.45, 2.75) is 32.7 Å². The fourth-order valence-electron chi connectivity index (χ4n) is 2.47. The maximum Gasteiger partial charge on any atom is 0.310 e. The summed E-state index contributed by atoms with van der Waals surface area (Å²) in [5.74, 6) is -0.377. The lowest BCUT2D eigenvalue weighted by atomic mass is 9.97. The smallest absolute Gasteiger partial charge is 0.310 e. The Labute approximate surface area is 128 Å². The number of nitrogens with one attached hydrogen (secondary N) is 1. The number of nitrogens with zero attached hydrogens (tertiary/aromatic N) is 2. The van der Waals surface area contributed by atoms with Gasteiger partial charge in [-0.3, -0.25) is 14.5 Å². The lowest BCUT2D eigenvalue weighted by molar-refractivity contribution is -0.150. The van der Waals surface area contributed by atoms with Crippen LogP contribution in [0.25, 0.3) is 0 Å². The third-order valence-corrected chi connectivity index (χ3v) is 4.35. The summed E-state index contributed by atoms with van der Waals surface area (Å²) in [5.41, 5.74) is 0. The molecule has 2 heterocycles. The van der Waals surface area contributed by atoms with Crippen molar-refractivity contribution in [3.63, 3.8) is 0 Å². The molecule has 0 aromatic carbocycles. The number of esters is 1. The Hall–Kier alpha value is -1.47. The maximum atomic E-state index is 12.2. The number of carbonyl (C=O) groups excluding carboxylic acids is 2. The number of rotatable bonds is 5. The van der Waals surface area contributed by atoms with Gasteiger partial charge in [0.05, 0.1) is 18.6 Å². The molecule has 1 aromatic rings. The summed E-state index contributed by atoms with van der Waals surface area (Å²) in [6, 6.07) is -0.286. The van der Waals surface area contributed by atoms with E-state index in [-0.39, 0.29) is 23.8 Å². The van der Waals surface area contributed by atoms with Crippen LogP contribution in [-0.2, 0) is 14.3 Å². The van der Waals surface area contributed by atoms with Crippen molar-refractivity contribution in [2.24, 2.45) is 5.92 Å². The summed E-state index contributed by atoms with van der Waals surface area (Å²) in [4.78, 5) is 30.1. The SMILES string of the molecule is CCOC(=O)C1CCCN(C(C)C(=O)Nc2nccs2)C1. The van der Waals surface area contributed by atoms with Gasteiger partial charge in [0.1, 0.15) is 0 Å². The molecular weight excluding hydrogens is 290 g/mol. The average Bonchev–Trinajstić information content (AvgIpc) is 2.99. The number of hydrogen-bond acceptors (Lipinski definition) is 6. The maximum absolute atomic E-state index is 12.2. The minimum atomic E-state index is -0.286. The lowest BCUT2D eigenvalue weighted by Crippen LogP contribution is -2.48. The first kappa shape index (κ1) is 15.9. The van der Waals surface area contributed by atoms with Crippen LogP contribution < -0.4 is 5.32 Å². The van der Waals surface area contributed by atoms with Crippen LogP contribution in [0.5, 0.6) is 0 Å². The van der Waals surface area contributed by atoms with E-state index in [1.807, 2.05) is 24.1 Å². The van der Waals surface area contributed by atoms with Gasteiger partial charge < -0.3 is 10.1 Å². The van der Waals surface area contributed by atoms with E-state index in [4.69, 9.17) is 4.74 Å². The van der Waals surface area contributed by atoms with Crippen molar-refractivity contribution in [1.29, 1.82) is 0 Å². The van der Waals surface area contributed by atoms with Crippen molar-refractivity contribution in [3.8, 4) is 0 Å². The topological polar surface area (TPSA) is 71.5 Å². The molecule has 7 heteroatoms. The quantitative estimate of drug-likeness (QED) is 0.839. The number of piperidine rings is 1. The summed E-state index contributed by atoms with van der Waals surface area (Å²) in [6.45, 7) is 5.46. The van der Waals surface area contributed by atoms with E-state index in [1.54, 1.807) is 6.20 Å². The van der Waals surface area contributed by atoms with Gasteiger partial charge in [0.2, 0.25) is 5.91 Å². The van der Waals surface area contributed by atoms with Gasteiger partial charge in [0.25, 0.3) is 0 Å². The Morgan fingerprint density at radius 1 is 1.62 bits per heavy atom. The minimum absolute atomic E-state index is 0.0885. The second-order valence-corrected chi connectivity index (χ2v) is 5.98. The largest absolute Gasteiger partial charge is 0.466 e. The molecule has 1 saturated heterocycles. The zero-order valence-corrected chi connectivity index (χ0v) is 13.2. The van der Waals surface area contributed by atoms with Crippen molar-refractivity contribution in [2.75, 3.05) is 25.0 Å². The van der Waals surface area contributed by atoms with E-state index in [0.29, 0.717) is 18.3 Å². The van der Waals surface area contributed by atoms with Gasteiger partial charge in [-0.1, -0.05) is 0 Å². The average molecular weight is 311 g/mol. The van der Waals surface area contributed by atoms with Crippen LogP contribution in [0.4, 0.5) is 5.13 Å². The Morgan fingerprint density at radius 2 is 2.43 bits per heavy atom. The highest BCUT2D eigenvalue weighted by molar-refractivity contribution is 7.13. The molecule has 0 aliphatic carbocycles. The van der Waals surface area contributed by atoms with Crippen molar-refractivity contribution in [1.82, 2.24) is 9.88 Å². The molecule has 1 amide bonds. The second kappa shape index (κ2) is 7.51. The number of aromatic nitrogens is 1. The molecule has 1 aliphatic rings. The molecule has 0 saturated carbocycles. The molecule has 1 aromatic heterocycles. The molecule has 6 nitrogen and oxygen atoms in total. The standard InChI is InChI=1S/C14H21N3O3S/c1-3-20-13(19)11-5-4-7-17(9-11)10(2)12(18)16-14-15-6-8-21-14/h6,8,10-11H,3-5,7,9H2,1-2H3,(H,15,16,18). The van der Waals surface area contributed by atoms with Crippen LogP contribution in [0, 0.1) is 5.92 Å². The number of anilines is 1. The van der Waals surface area contributed by atoms with Gasteiger partial charge in [-0.25, -0.2) is 4.98 Å². The Bertz CT molecular complexity index is 478. The number of amides is 1. The minimum Gasteiger partial charge on any atom is -0.466 e.